The Morgan fingerprint density at radius 3 is 2.83 bits per heavy atom. The Bertz CT molecular complexity index is 806. The van der Waals surface area contributed by atoms with Gasteiger partial charge >= 0.3 is 0 Å². The fraction of sp³-hybridized carbons (Fsp3) is 0.500. The van der Waals surface area contributed by atoms with E-state index in [1.807, 2.05) is 31.0 Å². The van der Waals surface area contributed by atoms with E-state index in [1.54, 1.807) is 19.3 Å². The number of carbonyl (C=O) groups is 1. The molecule has 128 valence electrons. The molecule has 1 atom stereocenters. The summed E-state index contributed by atoms with van der Waals surface area (Å²) in [6, 6.07) is 3.48. The Balaban J connectivity index is 1.75. The van der Waals surface area contributed by atoms with Crippen LogP contribution in [0.15, 0.2) is 29.3 Å². The topological polar surface area (TPSA) is 60.1 Å². The second kappa shape index (κ2) is 6.63. The van der Waals surface area contributed by atoms with Crippen molar-refractivity contribution in [2.24, 2.45) is 13.0 Å². The molecular formula is C18H24N4O2. The predicted octanol–water partition coefficient (Wildman–Crippen LogP) is 1.75. The van der Waals surface area contributed by atoms with Gasteiger partial charge in [0.05, 0.1) is 0 Å². The smallest absolute Gasteiger partial charge is 0.263 e. The van der Waals surface area contributed by atoms with E-state index in [4.69, 9.17) is 0 Å². The van der Waals surface area contributed by atoms with Crippen LogP contribution in [-0.2, 0) is 13.6 Å². The highest BCUT2D eigenvalue weighted by atomic mass is 16.2. The largest absolute Gasteiger partial charge is 0.338 e. The number of imidazole rings is 1. The van der Waals surface area contributed by atoms with Crippen molar-refractivity contribution in [3.05, 3.63) is 52.0 Å². The number of aromatic nitrogens is 3. The summed E-state index contributed by atoms with van der Waals surface area (Å²) in [6.45, 7) is 6.12. The molecule has 0 saturated carbocycles. The molecule has 6 heteroatoms. The van der Waals surface area contributed by atoms with Gasteiger partial charge in [0.2, 0.25) is 0 Å². The molecule has 0 spiro atoms. The molecule has 1 fully saturated rings. The van der Waals surface area contributed by atoms with Gasteiger partial charge in [-0.2, -0.15) is 0 Å². The summed E-state index contributed by atoms with van der Waals surface area (Å²) in [5.41, 5.74) is 0.902. The maximum atomic E-state index is 12.8. The molecule has 1 amide bonds. The lowest BCUT2D eigenvalue weighted by atomic mass is 9.97. The highest BCUT2D eigenvalue weighted by Gasteiger charge is 2.26. The van der Waals surface area contributed by atoms with Gasteiger partial charge in [-0.3, -0.25) is 9.59 Å². The van der Waals surface area contributed by atoms with Crippen molar-refractivity contribution in [2.75, 3.05) is 13.1 Å². The molecule has 0 aromatic carbocycles. The number of rotatable bonds is 3. The van der Waals surface area contributed by atoms with Crippen LogP contribution in [0.5, 0.6) is 0 Å². The van der Waals surface area contributed by atoms with Gasteiger partial charge in [-0.15, -0.1) is 0 Å². The number of nitrogens with zero attached hydrogens (tertiary/aromatic N) is 4. The van der Waals surface area contributed by atoms with E-state index in [1.165, 1.54) is 4.57 Å². The molecule has 1 unspecified atom stereocenters. The molecule has 0 aliphatic carbocycles. The molecule has 0 N–H and O–H groups in total. The van der Waals surface area contributed by atoms with Crippen LogP contribution in [-0.4, -0.2) is 38.0 Å². The first kappa shape index (κ1) is 16.5. The fourth-order valence-electron chi connectivity index (χ4n) is 3.33. The lowest BCUT2D eigenvalue weighted by Gasteiger charge is -2.33. The summed E-state index contributed by atoms with van der Waals surface area (Å²) >= 11 is 0. The van der Waals surface area contributed by atoms with Gasteiger partial charge in [0, 0.05) is 44.8 Å². The zero-order valence-electron chi connectivity index (χ0n) is 14.5. The number of likely N-dealkylation sites (tertiary alicyclic amines) is 1. The quantitative estimate of drug-likeness (QED) is 0.862. The molecule has 3 rings (SSSR count). The highest BCUT2D eigenvalue weighted by molar-refractivity contribution is 5.94. The van der Waals surface area contributed by atoms with Crippen molar-refractivity contribution in [2.45, 2.75) is 33.2 Å². The first-order chi connectivity index (χ1) is 11.5. The van der Waals surface area contributed by atoms with Crippen molar-refractivity contribution < 1.29 is 4.79 Å². The number of carbonyl (C=O) groups excluding carboxylic acids is 1. The Labute approximate surface area is 141 Å². The first-order valence-electron chi connectivity index (χ1n) is 8.41. The molecule has 1 aliphatic heterocycles. The van der Waals surface area contributed by atoms with E-state index in [2.05, 4.69) is 9.55 Å². The number of amides is 1. The van der Waals surface area contributed by atoms with Crippen LogP contribution in [0.25, 0.3) is 0 Å². The standard InChI is InChI=1S/C18H24N4O2/c1-13-6-7-16(17(23)20(13)3)18(24)22-9-4-5-15(12-22)11-21-10-8-19-14(21)2/h6-8,10,15H,4-5,9,11-12H2,1-3H3. The maximum absolute atomic E-state index is 12.8. The van der Waals surface area contributed by atoms with E-state index >= 15 is 0 Å². The van der Waals surface area contributed by atoms with Crippen LogP contribution >= 0.6 is 0 Å². The first-order valence-corrected chi connectivity index (χ1v) is 8.41. The van der Waals surface area contributed by atoms with Crippen LogP contribution in [0.3, 0.4) is 0 Å². The molecule has 24 heavy (non-hydrogen) atoms. The van der Waals surface area contributed by atoms with Gasteiger partial charge in [0.25, 0.3) is 11.5 Å². The fourth-order valence-corrected chi connectivity index (χ4v) is 3.33. The van der Waals surface area contributed by atoms with E-state index in [-0.39, 0.29) is 17.0 Å². The minimum Gasteiger partial charge on any atom is -0.338 e. The molecule has 3 heterocycles. The van der Waals surface area contributed by atoms with E-state index in [9.17, 15) is 9.59 Å². The third kappa shape index (κ3) is 3.13. The van der Waals surface area contributed by atoms with Gasteiger partial charge < -0.3 is 14.0 Å². The SMILES string of the molecule is Cc1nccn1CC1CCCN(C(=O)c2ccc(C)n(C)c2=O)C1. The number of pyridine rings is 1. The minimum atomic E-state index is -0.215. The van der Waals surface area contributed by atoms with E-state index in [0.29, 0.717) is 12.5 Å². The highest BCUT2D eigenvalue weighted by Crippen LogP contribution is 2.20. The molecule has 0 radical (unpaired) electrons. The summed E-state index contributed by atoms with van der Waals surface area (Å²) in [5, 5.41) is 0. The molecular weight excluding hydrogens is 304 g/mol. The molecule has 1 aliphatic rings. The summed E-state index contributed by atoms with van der Waals surface area (Å²) in [5.74, 6) is 1.23. The lowest BCUT2D eigenvalue weighted by Crippen LogP contribution is -2.43. The van der Waals surface area contributed by atoms with Gasteiger partial charge in [0.15, 0.2) is 0 Å². The summed E-state index contributed by atoms with van der Waals surface area (Å²) < 4.78 is 3.66. The van der Waals surface area contributed by atoms with Crippen LogP contribution in [0, 0.1) is 19.8 Å². The summed E-state index contributed by atoms with van der Waals surface area (Å²) in [7, 11) is 1.70. The number of aryl methyl sites for hydroxylation is 2. The van der Waals surface area contributed by atoms with Crippen LogP contribution in [0.2, 0.25) is 0 Å². The van der Waals surface area contributed by atoms with E-state index in [0.717, 1.165) is 37.4 Å². The van der Waals surface area contributed by atoms with Crippen molar-refractivity contribution in [1.82, 2.24) is 19.0 Å². The van der Waals surface area contributed by atoms with Gasteiger partial charge in [-0.25, -0.2) is 4.98 Å². The van der Waals surface area contributed by atoms with E-state index < -0.39 is 0 Å². The van der Waals surface area contributed by atoms with Crippen molar-refractivity contribution in [3.8, 4) is 0 Å². The summed E-state index contributed by atoms with van der Waals surface area (Å²) in [4.78, 5) is 31.2. The van der Waals surface area contributed by atoms with Gasteiger partial charge in [-0.05, 0) is 44.7 Å². The number of hydrogen-bond acceptors (Lipinski definition) is 3. The minimum absolute atomic E-state index is 0.150. The Kier molecular flexibility index (Phi) is 4.55. The van der Waals surface area contributed by atoms with Crippen molar-refractivity contribution in [3.63, 3.8) is 0 Å². The monoisotopic (exact) mass is 328 g/mol. The van der Waals surface area contributed by atoms with Crippen molar-refractivity contribution >= 4 is 5.91 Å². The Morgan fingerprint density at radius 2 is 2.12 bits per heavy atom. The zero-order valence-corrected chi connectivity index (χ0v) is 14.5. The molecule has 2 aromatic heterocycles. The average molecular weight is 328 g/mol. The predicted molar refractivity (Wildman–Crippen MR) is 92.0 cm³/mol. The van der Waals surface area contributed by atoms with Gasteiger partial charge in [0.1, 0.15) is 11.4 Å². The second-order valence-electron chi connectivity index (χ2n) is 6.64. The average Bonchev–Trinajstić information content (AvgIpc) is 2.97. The third-order valence-corrected chi connectivity index (χ3v) is 4.97. The third-order valence-electron chi connectivity index (χ3n) is 4.97. The Hall–Kier alpha value is -2.37. The van der Waals surface area contributed by atoms with Crippen LogP contribution < -0.4 is 5.56 Å². The summed E-state index contributed by atoms with van der Waals surface area (Å²) in [6.07, 6.45) is 5.84. The molecule has 6 nitrogen and oxygen atoms in total. The second-order valence-corrected chi connectivity index (χ2v) is 6.64. The van der Waals surface area contributed by atoms with Crippen LogP contribution in [0.1, 0.15) is 34.7 Å². The number of piperidine rings is 1. The van der Waals surface area contributed by atoms with Gasteiger partial charge in [-0.1, -0.05) is 0 Å². The number of hydrogen-bond donors (Lipinski definition) is 0. The zero-order chi connectivity index (χ0) is 17.3. The lowest BCUT2D eigenvalue weighted by molar-refractivity contribution is 0.0659. The Morgan fingerprint density at radius 1 is 1.33 bits per heavy atom. The van der Waals surface area contributed by atoms with Crippen molar-refractivity contribution in [1.29, 1.82) is 0 Å². The molecule has 2 aromatic rings. The molecule has 1 saturated heterocycles. The molecule has 0 bridgehead atoms. The van der Waals surface area contributed by atoms with Crippen LogP contribution in [0.4, 0.5) is 0 Å². The normalized spacial score (nSPS) is 18.0. The maximum Gasteiger partial charge on any atom is 0.263 e.